The Morgan fingerprint density at radius 2 is 1.85 bits per heavy atom. The molecule has 150 valence electrons. The van der Waals surface area contributed by atoms with Crippen molar-refractivity contribution < 1.29 is 22.8 Å². The van der Waals surface area contributed by atoms with E-state index in [4.69, 9.17) is 0 Å². The molecule has 3 unspecified atom stereocenters. The van der Waals surface area contributed by atoms with E-state index in [1.54, 1.807) is 6.08 Å². The van der Waals surface area contributed by atoms with Crippen LogP contribution in [0.4, 0.5) is 13.2 Å². The number of halogens is 3. The molecule has 1 fully saturated rings. The lowest BCUT2D eigenvalue weighted by Gasteiger charge is -2.46. The summed E-state index contributed by atoms with van der Waals surface area (Å²) in [6.45, 7) is 9.39. The van der Waals surface area contributed by atoms with Crippen molar-refractivity contribution in [2.45, 2.75) is 64.2 Å². The van der Waals surface area contributed by atoms with Gasteiger partial charge in [-0.1, -0.05) is 6.08 Å². The number of hydrogen-bond acceptors (Lipinski definition) is 3. The second-order valence-electron chi connectivity index (χ2n) is 8.08. The maximum atomic E-state index is 13.1. The molecule has 1 saturated carbocycles. The largest absolute Gasteiger partial charge is 0.401 e. The third-order valence-electron chi connectivity index (χ3n) is 4.51. The summed E-state index contributed by atoms with van der Waals surface area (Å²) in [5.41, 5.74) is -1.80. The maximum Gasteiger partial charge on any atom is 0.401 e. The van der Waals surface area contributed by atoms with Crippen molar-refractivity contribution in [2.75, 3.05) is 13.1 Å². The van der Waals surface area contributed by atoms with E-state index in [1.165, 1.54) is 6.92 Å². The lowest BCUT2D eigenvalue weighted by molar-refractivity contribution is -0.139. The van der Waals surface area contributed by atoms with Crippen molar-refractivity contribution in [2.24, 2.45) is 11.8 Å². The van der Waals surface area contributed by atoms with Crippen LogP contribution in [0.2, 0.25) is 0 Å². The van der Waals surface area contributed by atoms with Crippen molar-refractivity contribution in [3.8, 4) is 0 Å². The molecular formula is C18H30F3N3O2. The van der Waals surface area contributed by atoms with Crippen LogP contribution in [0.5, 0.6) is 0 Å². The predicted molar refractivity (Wildman–Crippen MR) is 94.4 cm³/mol. The lowest BCUT2D eigenvalue weighted by Crippen LogP contribution is -2.68. The van der Waals surface area contributed by atoms with Gasteiger partial charge in [0.05, 0.1) is 6.54 Å². The Bertz CT molecular complexity index is 529. The van der Waals surface area contributed by atoms with Crippen LogP contribution in [0.15, 0.2) is 12.7 Å². The molecule has 0 aromatic heterocycles. The van der Waals surface area contributed by atoms with Gasteiger partial charge in [-0.05, 0) is 46.0 Å². The minimum absolute atomic E-state index is 0.00596. The number of amides is 2. The fraction of sp³-hybridized carbons (Fsp3) is 0.778. The number of nitrogens with one attached hydrogen (secondary N) is 3. The summed E-state index contributed by atoms with van der Waals surface area (Å²) < 4.78 is 37.5. The van der Waals surface area contributed by atoms with Crippen LogP contribution in [0.1, 0.15) is 47.0 Å². The quantitative estimate of drug-likeness (QED) is 0.623. The number of hydrogen-bond donors (Lipinski definition) is 3. The molecule has 0 aromatic rings. The van der Waals surface area contributed by atoms with Crippen LogP contribution < -0.4 is 16.0 Å². The molecule has 0 heterocycles. The van der Waals surface area contributed by atoms with Crippen molar-refractivity contribution in [1.29, 1.82) is 0 Å². The Morgan fingerprint density at radius 3 is 2.31 bits per heavy atom. The smallest absolute Gasteiger partial charge is 0.349 e. The van der Waals surface area contributed by atoms with Gasteiger partial charge in [0.25, 0.3) is 0 Å². The molecule has 1 aliphatic rings. The zero-order valence-corrected chi connectivity index (χ0v) is 15.9. The van der Waals surface area contributed by atoms with Crippen LogP contribution in [-0.4, -0.2) is 42.2 Å². The molecule has 26 heavy (non-hydrogen) atoms. The molecule has 0 saturated heterocycles. The first-order valence-electron chi connectivity index (χ1n) is 8.80. The van der Waals surface area contributed by atoms with Gasteiger partial charge in [0, 0.05) is 24.9 Å². The van der Waals surface area contributed by atoms with Crippen molar-refractivity contribution in [3.63, 3.8) is 0 Å². The molecule has 0 aliphatic heterocycles. The average molecular weight is 377 g/mol. The number of rotatable bonds is 6. The molecule has 2 amide bonds. The highest BCUT2D eigenvalue weighted by Crippen LogP contribution is 2.38. The summed E-state index contributed by atoms with van der Waals surface area (Å²) in [6, 6.07) is 0. The van der Waals surface area contributed by atoms with Crippen LogP contribution in [0, 0.1) is 11.8 Å². The summed E-state index contributed by atoms with van der Waals surface area (Å²) >= 11 is 0. The van der Waals surface area contributed by atoms with E-state index in [0.717, 1.165) is 0 Å². The van der Waals surface area contributed by atoms with E-state index in [9.17, 15) is 22.8 Å². The summed E-state index contributed by atoms with van der Waals surface area (Å²) in [7, 11) is 0. The van der Waals surface area contributed by atoms with E-state index in [-0.39, 0.29) is 24.3 Å². The summed E-state index contributed by atoms with van der Waals surface area (Å²) in [6.07, 6.45) is -1.05. The van der Waals surface area contributed by atoms with Gasteiger partial charge in [0.2, 0.25) is 11.8 Å². The summed E-state index contributed by atoms with van der Waals surface area (Å²) in [5, 5.41) is 8.03. The summed E-state index contributed by atoms with van der Waals surface area (Å²) in [5.74, 6) is -1.20. The normalized spacial score (nSPS) is 26.9. The van der Waals surface area contributed by atoms with E-state index < -0.39 is 29.7 Å². The van der Waals surface area contributed by atoms with Crippen LogP contribution >= 0.6 is 0 Å². The van der Waals surface area contributed by atoms with E-state index >= 15 is 0 Å². The zero-order valence-electron chi connectivity index (χ0n) is 15.9. The lowest BCUT2D eigenvalue weighted by atomic mass is 9.67. The topological polar surface area (TPSA) is 70.2 Å². The Kier molecular flexibility index (Phi) is 7.27. The van der Waals surface area contributed by atoms with Crippen molar-refractivity contribution in [1.82, 2.24) is 16.0 Å². The minimum atomic E-state index is -4.33. The molecule has 0 spiro atoms. The highest BCUT2D eigenvalue weighted by molar-refractivity contribution is 5.92. The fourth-order valence-corrected chi connectivity index (χ4v) is 3.46. The van der Waals surface area contributed by atoms with Gasteiger partial charge < -0.3 is 16.0 Å². The molecule has 0 bridgehead atoms. The number of carbonyl (C=O) groups is 2. The highest BCUT2D eigenvalue weighted by atomic mass is 19.4. The Hall–Kier alpha value is -1.57. The van der Waals surface area contributed by atoms with Gasteiger partial charge in [0.15, 0.2) is 0 Å². The third kappa shape index (κ3) is 6.63. The first kappa shape index (κ1) is 22.5. The van der Waals surface area contributed by atoms with Crippen LogP contribution in [-0.2, 0) is 9.59 Å². The molecule has 3 atom stereocenters. The first-order valence-corrected chi connectivity index (χ1v) is 8.80. The monoisotopic (exact) mass is 377 g/mol. The Labute approximate surface area is 153 Å². The maximum absolute atomic E-state index is 13.1. The van der Waals surface area contributed by atoms with Crippen LogP contribution in [0.25, 0.3) is 0 Å². The number of alkyl halides is 3. The second kappa shape index (κ2) is 8.41. The molecule has 0 aromatic carbocycles. The number of carbonyl (C=O) groups excluding carboxylic acids is 2. The molecule has 1 rings (SSSR count). The summed E-state index contributed by atoms with van der Waals surface area (Å²) in [4.78, 5) is 24.9. The third-order valence-corrected chi connectivity index (χ3v) is 4.51. The van der Waals surface area contributed by atoms with Gasteiger partial charge in [-0.15, -0.1) is 6.58 Å². The molecule has 8 heteroatoms. The molecule has 0 radical (unpaired) electrons. The SMILES string of the molecule is C=CC1CCC(CNCC(F)(F)F)C(NC(C)=O)(C(=O)NC(C)(C)C)C1. The van der Waals surface area contributed by atoms with Gasteiger partial charge >= 0.3 is 6.18 Å². The molecule has 3 N–H and O–H groups in total. The Morgan fingerprint density at radius 1 is 1.23 bits per heavy atom. The predicted octanol–water partition coefficient (Wildman–Crippen LogP) is 2.53. The van der Waals surface area contributed by atoms with E-state index in [0.29, 0.717) is 19.3 Å². The molecule has 1 aliphatic carbocycles. The molecule has 5 nitrogen and oxygen atoms in total. The van der Waals surface area contributed by atoms with Crippen molar-refractivity contribution in [3.05, 3.63) is 12.7 Å². The number of allylic oxidation sites excluding steroid dienone is 1. The Balaban J connectivity index is 3.13. The standard InChI is InChI=1S/C18H30F3N3O2/c1-6-13-7-8-14(10-22-11-18(19,20)21)17(9-13,23-12(2)25)15(26)24-16(3,4)5/h6,13-14,22H,1,7-11H2,2-5H3,(H,23,25)(H,24,26). The van der Waals surface area contributed by atoms with E-state index in [1.807, 2.05) is 20.8 Å². The molecular weight excluding hydrogens is 347 g/mol. The highest BCUT2D eigenvalue weighted by Gasteiger charge is 2.50. The zero-order chi connectivity index (χ0) is 20.2. The van der Waals surface area contributed by atoms with Gasteiger partial charge in [-0.3, -0.25) is 9.59 Å². The fourth-order valence-electron chi connectivity index (χ4n) is 3.46. The average Bonchev–Trinajstić information content (AvgIpc) is 2.45. The first-order chi connectivity index (χ1) is 11.8. The van der Waals surface area contributed by atoms with Crippen LogP contribution in [0.3, 0.4) is 0 Å². The van der Waals surface area contributed by atoms with Crippen molar-refractivity contribution >= 4 is 11.8 Å². The van der Waals surface area contributed by atoms with E-state index in [2.05, 4.69) is 22.5 Å². The van der Waals surface area contributed by atoms with Gasteiger partial charge in [-0.2, -0.15) is 13.2 Å². The second-order valence-corrected chi connectivity index (χ2v) is 8.08. The van der Waals surface area contributed by atoms with Gasteiger partial charge in [-0.25, -0.2) is 0 Å². The minimum Gasteiger partial charge on any atom is -0.349 e. The van der Waals surface area contributed by atoms with Gasteiger partial charge in [0.1, 0.15) is 5.54 Å².